The molecule has 1 heterocycles. The molecule has 0 bridgehead atoms. The molecule has 6 heteroatoms. The van der Waals surface area contributed by atoms with Crippen LogP contribution in [0.1, 0.15) is 53.9 Å². The van der Waals surface area contributed by atoms with Crippen LogP contribution in [0.25, 0.3) is 0 Å². The first kappa shape index (κ1) is 22.2. The lowest BCUT2D eigenvalue weighted by Crippen LogP contribution is -2.36. The zero-order valence-electron chi connectivity index (χ0n) is 18.3. The molecular formula is C25H28N2O4. The monoisotopic (exact) mass is 420 g/mol. The van der Waals surface area contributed by atoms with E-state index in [2.05, 4.69) is 24.5 Å². The number of carbonyl (C=O) groups excluding carboxylic acids is 2. The van der Waals surface area contributed by atoms with Gasteiger partial charge < -0.3 is 19.8 Å². The molecule has 2 N–H and O–H groups in total. The van der Waals surface area contributed by atoms with Gasteiger partial charge in [-0.1, -0.05) is 38.1 Å². The van der Waals surface area contributed by atoms with Crippen molar-refractivity contribution in [1.29, 1.82) is 0 Å². The second kappa shape index (κ2) is 9.98. The van der Waals surface area contributed by atoms with Gasteiger partial charge in [0, 0.05) is 12.2 Å². The molecule has 3 aromatic rings. The predicted octanol–water partition coefficient (Wildman–Crippen LogP) is 5.05. The van der Waals surface area contributed by atoms with Crippen LogP contribution in [0.2, 0.25) is 0 Å². The first-order chi connectivity index (χ1) is 14.8. The molecule has 2 amide bonds. The highest BCUT2D eigenvalue weighted by molar-refractivity contribution is 6.02. The lowest BCUT2D eigenvalue weighted by atomic mass is 10.0. The van der Waals surface area contributed by atoms with Crippen molar-refractivity contribution < 1.29 is 18.7 Å². The van der Waals surface area contributed by atoms with Crippen molar-refractivity contribution >= 4 is 17.5 Å². The zero-order chi connectivity index (χ0) is 22.4. The second-order valence-electron chi connectivity index (χ2n) is 7.80. The number of aryl methyl sites for hydroxylation is 1. The molecule has 1 aromatic heterocycles. The summed E-state index contributed by atoms with van der Waals surface area (Å²) in [5.41, 5.74) is 3.73. The molecule has 1 atom stereocenters. The number of benzene rings is 2. The van der Waals surface area contributed by atoms with Crippen LogP contribution in [0, 0.1) is 6.92 Å². The maximum absolute atomic E-state index is 12.5. The topological polar surface area (TPSA) is 80.6 Å². The number of carbonyl (C=O) groups is 2. The van der Waals surface area contributed by atoms with Gasteiger partial charge in [-0.05, 0) is 66.8 Å². The number of amides is 2. The number of hydrogen-bond acceptors (Lipinski definition) is 4. The molecule has 0 spiro atoms. The molecule has 3 rings (SSSR count). The highest BCUT2D eigenvalue weighted by Gasteiger charge is 2.17. The van der Waals surface area contributed by atoms with Crippen molar-refractivity contribution in [2.24, 2.45) is 0 Å². The minimum absolute atomic E-state index is 0.189. The molecule has 0 aliphatic carbocycles. The molecule has 0 radical (unpaired) electrons. The van der Waals surface area contributed by atoms with Crippen LogP contribution in [-0.4, -0.2) is 17.9 Å². The summed E-state index contributed by atoms with van der Waals surface area (Å²) in [6, 6.07) is 16.6. The Morgan fingerprint density at radius 1 is 1.03 bits per heavy atom. The standard InChI is InChI=1S/C25H28N2O4/c1-16(2)21-12-7-17(3)14-23(21)31-18(4)24(28)26-15-19-8-10-20(11-9-19)27-25(29)22-6-5-13-30-22/h5-14,16,18H,15H2,1-4H3,(H,26,28)(H,27,29). The first-order valence-electron chi connectivity index (χ1n) is 10.3. The molecule has 0 aliphatic rings. The van der Waals surface area contributed by atoms with E-state index in [0.717, 1.165) is 22.4 Å². The molecule has 2 aromatic carbocycles. The summed E-state index contributed by atoms with van der Waals surface area (Å²) in [5, 5.41) is 5.66. The van der Waals surface area contributed by atoms with Crippen LogP contribution < -0.4 is 15.4 Å². The fourth-order valence-electron chi connectivity index (χ4n) is 3.10. The fraction of sp³-hybridized carbons (Fsp3) is 0.280. The smallest absolute Gasteiger partial charge is 0.291 e. The van der Waals surface area contributed by atoms with Crippen molar-refractivity contribution in [3.63, 3.8) is 0 Å². The van der Waals surface area contributed by atoms with Crippen molar-refractivity contribution in [1.82, 2.24) is 5.32 Å². The Morgan fingerprint density at radius 2 is 1.77 bits per heavy atom. The molecule has 0 fully saturated rings. The van der Waals surface area contributed by atoms with E-state index < -0.39 is 6.10 Å². The van der Waals surface area contributed by atoms with E-state index in [1.807, 2.05) is 37.3 Å². The third-order valence-corrected chi connectivity index (χ3v) is 4.89. The summed E-state index contributed by atoms with van der Waals surface area (Å²) < 4.78 is 11.0. The summed E-state index contributed by atoms with van der Waals surface area (Å²) in [5.74, 6) is 0.798. The summed E-state index contributed by atoms with van der Waals surface area (Å²) in [6.45, 7) is 8.31. The maximum Gasteiger partial charge on any atom is 0.291 e. The molecule has 1 unspecified atom stereocenters. The Bertz CT molecular complexity index is 1020. The predicted molar refractivity (Wildman–Crippen MR) is 120 cm³/mol. The van der Waals surface area contributed by atoms with Gasteiger partial charge in [0.05, 0.1) is 6.26 Å². The Balaban J connectivity index is 1.53. The Hall–Kier alpha value is -3.54. The Labute approximate surface area is 182 Å². The van der Waals surface area contributed by atoms with Crippen molar-refractivity contribution in [2.75, 3.05) is 5.32 Å². The van der Waals surface area contributed by atoms with Crippen LogP contribution >= 0.6 is 0 Å². The third kappa shape index (κ3) is 5.98. The molecular weight excluding hydrogens is 392 g/mol. The molecule has 162 valence electrons. The van der Waals surface area contributed by atoms with E-state index >= 15 is 0 Å². The van der Waals surface area contributed by atoms with E-state index in [1.54, 1.807) is 31.2 Å². The number of hydrogen-bond donors (Lipinski definition) is 2. The van der Waals surface area contributed by atoms with E-state index in [0.29, 0.717) is 18.2 Å². The number of nitrogens with one attached hydrogen (secondary N) is 2. The summed E-state index contributed by atoms with van der Waals surface area (Å²) >= 11 is 0. The van der Waals surface area contributed by atoms with Gasteiger partial charge in [-0.3, -0.25) is 9.59 Å². The van der Waals surface area contributed by atoms with Crippen molar-refractivity contribution in [3.05, 3.63) is 83.3 Å². The summed E-state index contributed by atoms with van der Waals surface area (Å²) in [6.07, 6.45) is 0.833. The van der Waals surface area contributed by atoms with Crippen molar-refractivity contribution in [3.8, 4) is 5.75 Å². The average Bonchev–Trinajstić information content (AvgIpc) is 3.28. The SMILES string of the molecule is Cc1ccc(C(C)C)c(OC(C)C(=O)NCc2ccc(NC(=O)c3ccco3)cc2)c1. The van der Waals surface area contributed by atoms with E-state index in [4.69, 9.17) is 9.15 Å². The number of anilines is 1. The number of rotatable bonds is 8. The van der Waals surface area contributed by atoms with Gasteiger partial charge in [-0.25, -0.2) is 0 Å². The molecule has 6 nitrogen and oxygen atoms in total. The van der Waals surface area contributed by atoms with Gasteiger partial charge in [-0.2, -0.15) is 0 Å². The lowest BCUT2D eigenvalue weighted by Gasteiger charge is -2.19. The summed E-state index contributed by atoms with van der Waals surface area (Å²) in [4.78, 5) is 24.5. The number of ether oxygens (including phenoxy) is 1. The van der Waals surface area contributed by atoms with E-state index in [1.165, 1.54) is 6.26 Å². The normalized spacial score (nSPS) is 11.8. The highest BCUT2D eigenvalue weighted by Crippen LogP contribution is 2.28. The van der Waals surface area contributed by atoms with Crippen LogP contribution in [-0.2, 0) is 11.3 Å². The second-order valence-corrected chi connectivity index (χ2v) is 7.80. The summed E-state index contributed by atoms with van der Waals surface area (Å²) in [7, 11) is 0. The van der Waals surface area contributed by atoms with E-state index in [9.17, 15) is 9.59 Å². The Kier molecular flexibility index (Phi) is 7.13. The van der Waals surface area contributed by atoms with Crippen LogP contribution in [0.4, 0.5) is 5.69 Å². The quantitative estimate of drug-likeness (QED) is 0.535. The first-order valence-corrected chi connectivity index (χ1v) is 10.3. The van der Waals surface area contributed by atoms with Gasteiger partial charge in [0.2, 0.25) is 0 Å². The maximum atomic E-state index is 12.5. The van der Waals surface area contributed by atoms with Crippen molar-refractivity contribution in [2.45, 2.75) is 46.3 Å². The molecule has 0 saturated heterocycles. The highest BCUT2D eigenvalue weighted by atomic mass is 16.5. The van der Waals surface area contributed by atoms with Gasteiger partial charge in [0.25, 0.3) is 11.8 Å². The van der Waals surface area contributed by atoms with Gasteiger partial charge >= 0.3 is 0 Å². The average molecular weight is 421 g/mol. The van der Waals surface area contributed by atoms with Gasteiger partial charge in [0.1, 0.15) is 5.75 Å². The third-order valence-electron chi connectivity index (χ3n) is 4.89. The largest absolute Gasteiger partial charge is 0.481 e. The fourth-order valence-corrected chi connectivity index (χ4v) is 3.10. The Morgan fingerprint density at radius 3 is 2.42 bits per heavy atom. The molecule has 0 aliphatic heterocycles. The van der Waals surface area contributed by atoms with Gasteiger partial charge in [0.15, 0.2) is 11.9 Å². The minimum atomic E-state index is -0.619. The lowest BCUT2D eigenvalue weighted by molar-refractivity contribution is -0.127. The number of furan rings is 1. The van der Waals surface area contributed by atoms with Crippen LogP contribution in [0.5, 0.6) is 5.75 Å². The van der Waals surface area contributed by atoms with Crippen LogP contribution in [0.3, 0.4) is 0 Å². The zero-order valence-corrected chi connectivity index (χ0v) is 18.3. The van der Waals surface area contributed by atoms with Crippen LogP contribution in [0.15, 0.2) is 65.3 Å². The molecule has 31 heavy (non-hydrogen) atoms. The van der Waals surface area contributed by atoms with Gasteiger partial charge in [-0.15, -0.1) is 0 Å². The van der Waals surface area contributed by atoms with E-state index in [-0.39, 0.29) is 17.6 Å². The molecule has 0 saturated carbocycles. The minimum Gasteiger partial charge on any atom is -0.481 e.